The molecule has 2 aromatic rings. The second-order valence-corrected chi connectivity index (χ2v) is 7.87. The molecule has 0 atom stereocenters. The van der Waals surface area contributed by atoms with Gasteiger partial charge >= 0.3 is 5.97 Å². The van der Waals surface area contributed by atoms with E-state index in [0.717, 1.165) is 55.5 Å². The van der Waals surface area contributed by atoms with Gasteiger partial charge < -0.3 is 20.7 Å². The Labute approximate surface area is 171 Å². The number of rotatable bonds is 6. The zero-order valence-corrected chi connectivity index (χ0v) is 16.7. The SMILES string of the molecule is Cc1nc(Nc2ncc(C(=O)O)s2)cc(N2CCN(NC3=CC(=O)CC3)CC2)n1. The lowest BCUT2D eigenvalue weighted by atomic mass is 10.3. The van der Waals surface area contributed by atoms with Crippen LogP contribution in [0, 0.1) is 6.92 Å². The Balaban J connectivity index is 1.39. The molecule has 1 saturated heterocycles. The maximum atomic E-state index is 11.4. The van der Waals surface area contributed by atoms with E-state index < -0.39 is 5.97 Å². The van der Waals surface area contributed by atoms with Crippen molar-refractivity contribution in [1.82, 2.24) is 25.4 Å². The summed E-state index contributed by atoms with van der Waals surface area (Å²) in [5.74, 6) is 1.19. The van der Waals surface area contributed by atoms with E-state index in [0.29, 0.717) is 23.2 Å². The third kappa shape index (κ3) is 4.69. The average molecular weight is 415 g/mol. The van der Waals surface area contributed by atoms with Crippen LogP contribution in [0.5, 0.6) is 0 Å². The number of allylic oxidation sites excluding steroid dienone is 2. The van der Waals surface area contributed by atoms with Crippen molar-refractivity contribution in [3.63, 3.8) is 0 Å². The van der Waals surface area contributed by atoms with E-state index in [-0.39, 0.29) is 10.7 Å². The molecule has 0 radical (unpaired) electrons. The Hall–Kier alpha value is -3.05. The van der Waals surface area contributed by atoms with Crippen LogP contribution in [0.25, 0.3) is 0 Å². The fourth-order valence-corrected chi connectivity index (χ4v) is 3.92. The first kappa shape index (κ1) is 19.3. The highest BCUT2D eigenvalue weighted by Crippen LogP contribution is 2.24. The number of carboxylic acids is 1. The number of hydrogen-bond acceptors (Lipinski definition) is 10. The van der Waals surface area contributed by atoms with E-state index in [9.17, 15) is 9.59 Å². The van der Waals surface area contributed by atoms with Crippen molar-refractivity contribution < 1.29 is 14.7 Å². The van der Waals surface area contributed by atoms with Crippen LogP contribution < -0.4 is 15.6 Å². The summed E-state index contributed by atoms with van der Waals surface area (Å²) in [6.45, 7) is 4.98. The normalized spacial score (nSPS) is 17.3. The van der Waals surface area contributed by atoms with Gasteiger partial charge in [0.1, 0.15) is 22.3 Å². The maximum absolute atomic E-state index is 11.4. The molecule has 3 heterocycles. The van der Waals surface area contributed by atoms with Crippen LogP contribution in [0.4, 0.5) is 16.8 Å². The zero-order valence-electron chi connectivity index (χ0n) is 15.9. The summed E-state index contributed by atoms with van der Waals surface area (Å²) in [7, 11) is 0. The number of aromatic nitrogens is 3. The van der Waals surface area contributed by atoms with Gasteiger partial charge in [-0.3, -0.25) is 4.79 Å². The van der Waals surface area contributed by atoms with E-state index in [1.54, 1.807) is 6.08 Å². The molecule has 2 aromatic heterocycles. The summed E-state index contributed by atoms with van der Waals surface area (Å²) in [5.41, 5.74) is 4.32. The van der Waals surface area contributed by atoms with Crippen LogP contribution in [0.1, 0.15) is 28.3 Å². The quantitative estimate of drug-likeness (QED) is 0.640. The summed E-state index contributed by atoms with van der Waals surface area (Å²) in [6, 6.07) is 1.84. The highest BCUT2D eigenvalue weighted by atomic mass is 32.1. The van der Waals surface area contributed by atoms with Crippen molar-refractivity contribution in [2.45, 2.75) is 19.8 Å². The van der Waals surface area contributed by atoms with Gasteiger partial charge in [-0.05, 0) is 13.3 Å². The lowest BCUT2D eigenvalue weighted by Crippen LogP contribution is -2.51. The number of nitrogens with zero attached hydrogens (tertiary/aromatic N) is 5. The van der Waals surface area contributed by atoms with Gasteiger partial charge in [-0.1, -0.05) is 11.3 Å². The highest BCUT2D eigenvalue weighted by molar-refractivity contribution is 7.17. The number of nitrogens with one attached hydrogen (secondary N) is 2. The second kappa shape index (κ2) is 8.13. The Morgan fingerprint density at radius 1 is 1.21 bits per heavy atom. The molecule has 0 aromatic carbocycles. The van der Waals surface area contributed by atoms with Crippen LogP contribution in [-0.2, 0) is 4.79 Å². The summed E-state index contributed by atoms with van der Waals surface area (Å²) in [6.07, 6.45) is 4.38. The molecule has 0 saturated carbocycles. The average Bonchev–Trinajstić information content (AvgIpc) is 3.31. The first-order chi connectivity index (χ1) is 14.0. The van der Waals surface area contributed by atoms with Crippen molar-refractivity contribution in [3.8, 4) is 0 Å². The Kier molecular flexibility index (Phi) is 5.41. The molecule has 0 unspecified atom stereocenters. The van der Waals surface area contributed by atoms with Gasteiger partial charge in [-0.2, -0.15) is 0 Å². The predicted molar refractivity (Wildman–Crippen MR) is 108 cm³/mol. The Morgan fingerprint density at radius 2 is 2.00 bits per heavy atom. The highest BCUT2D eigenvalue weighted by Gasteiger charge is 2.21. The van der Waals surface area contributed by atoms with Crippen molar-refractivity contribution in [2.24, 2.45) is 0 Å². The first-order valence-corrected chi connectivity index (χ1v) is 10.1. The predicted octanol–water partition coefficient (Wildman–Crippen LogP) is 1.56. The number of anilines is 3. The number of carbonyl (C=O) groups is 2. The van der Waals surface area contributed by atoms with E-state index in [2.05, 4.69) is 35.6 Å². The van der Waals surface area contributed by atoms with Gasteiger partial charge in [-0.25, -0.2) is 24.8 Å². The lowest BCUT2D eigenvalue weighted by molar-refractivity contribution is -0.114. The summed E-state index contributed by atoms with van der Waals surface area (Å²) >= 11 is 1.06. The minimum Gasteiger partial charge on any atom is -0.477 e. The molecule has 0 amide bonds. The fourth-order valence-electron chi connectivity index (χ4n) is 3.25. The van der Waals surface area contributed by atoms with E-state index in [4.69, 9.17) is 5.11 Å². The van der Waals surface area contributed by atoms with Crippen LogP contribution in [0.2, 0.25) is 0 Å². The van der Waals surface area contributed by atoms with E-state index >= 15 is 0 Å². The molecule has 1 fully saturated rings. The topological polar surface area (TPSA) is 124 Å². The van der Waals surface area contributed by atoms with Crippen molar-refractivity contribution >= 4 is 39.9 Å². The largest absolute Gasteiger partial charge is 0.477 e. The third-order valence-electron chi connectivity index (χ3n) is 4.66. The summed E-state index contributed by atoms with van der Waals surface area (Å²) in [5, 5.41) is 14.7. The Bertz CT molecular complexity index is 966. The second-order valence-electron chi connectivity index (χ2n) is 6.84. The van der Waals surface area contributed by atoms with Gasteiger partial charge in [0.05, 0.1) is 6.20 Å². The molecule has 152 valence electrons. The molecule has 0 spiro atoms. The number of hydrogen-bond donors (Lipinski definition) is 3. The van der Waals surface area contributed by atoms with Crippen LogP contribution in [-0.4, -0.2) is 63.0 Å². The minimum absolute atomic E-state index is 0.168. The third-order valence-corrected chi connectivity index (χ3v) is 5.56. The summed E-state index contributed by atoms with van der Waals surface area (Å²) < 4.78 is 0. The Morgan fingerprint density at radius 3 is 2.66 bits per heavy atom. The molecule has 10 nitrogen and oxygen atoms in total. The molecule has 2 aliphatic rings. The van der Waals surface area contributed by atoms with E-state index in [1.807, 2.05) is 13.0 Å². The number of aryl methyl sites for hydroxylation is 1. The number of piperazine rings is 1. The molecule has 1 aliphatic carbocycles. The van der Waals surface area contributed by atoms with Gasteiger partial charge in [0.15, 0.2) is 10.9 Å². The smallest absolute Gasteiger partial charge is 0.347 e. The van der Waals surface area contributed by atoms with Crippen LogP contribution >= 0.6 is 11.3 Å². The lowest BCUT2D eigenvalue weighted by Gasteiger charge is -2.36. The van der Waals surface area contributed by atoms with Crippen LogP contribution in [0.15, 0.2) is 24.0 Å². The molecule has 4 rings (SSSR count). The molecule has 29 heavy (non-hydrogen) atoms. The standard InChI is InChI=1S/C18H21N7O3S/c1-11-20-15(22-18-19-10-14(29-18)17(27)28)9-16(21-11)24-4-6-25(7-5-24)23-12-2-3-13(26)8-12/h8-10,23H,2-7H2,1H3,(H,27,28)(H,19,20,21,22). The van der Waals surface area contributed by atoms with Gasteiger partial charge in [0.25, 0.3) is 0 Å². The summed E-state index contributed by atoms with van der Waals surface area (Å²) in [4.78, 5) is 37.7. The number of carboxylic acid groups (broad SMARTS) is 1. The number of carbonyl (C=O) groups excluding carboxylic acids is 1. The van der Waals surface area contributed by atoms with Gasteiger partial charge in [-0.15, -0.1) is 0 Å². The van der Waals surface area contributed by atoms with Crippen molar-refractivity contribution in [2.75, 3.05) is 36.4 Å². The number of hydrazine groups is 1. The molecule has 3 N–H and O–H groups in total. The maximum Gasteiger partial charge on any atom is 0.347 e. The molecular formula is C18H21N7O3S. The van der Waals surface area contributed by atoms with Crippen LogP contribution in [0.3, 0.4) is 0 Å². The number of aromatic carboxylic acids is 1. The van der Waals surface area contributed by atoms with E-state index in [1.165, 1.54) is 6.20 Å². The molecule has 0 bridgehead atoms. The number of thiazole rings is 1. The molecule has 1 aliphatic heterocycles. The molecule has 11 heteroatoms. The first-order valence-electron chi connectivity index (χ1n) is 9.28. The van der Waals surface area contributed by atoms with Crippen molar-refractivity contribution in [3.05, 3.63) is 34.7 Å². The monoisotopic (exact) mass is 415 g/mol. The molecular weight excluding hydrogens is 394 g/mol. The number of ketones is 1. The minimum atomic E-state index is -1.00. The fraction of sp³-hybridized carbons (Fsp3) is 0.389. The zero-order chi connectivity index (χ0) is 20.4. The van der Waals surface area contributed by atoms with Crippen molar-refractivity contribution in [1.29, 1.82) is 0 Å². The van der Waals surface area contributed by atoms with Gasteiger partial charge in [0, 0.05) is 50.4 Å². The van der Waals surface area contributed by atoms with Gasteiger partial charge in [0.2, 0.25) is 0 Å².